The van der Waals surface area contributed by atoms with Crippen LogP contribution in [0.2, 0.25) is 0 Å². The number of hydrogen-bond acceptors (Lipinski definition) is 8. The predicted octanol–water partition coefficient (Wildman–Crippen LogP) is 2.18. The van der Waals surface area contributed by atoms with E-state index in [1.807, 2.05) is 0 Å². The van der Waals surface area contributed by atoms with Gasteiger partial charge in [-0.05, 0) is 19.4 Å². The average Bonchev–Trinajstić information content (AvgIpc) is 2.90. The van der Waals surface area contributed by atoms with E-state index in [1.54, 1.807) is 23.7 Å². The molecule has 1 aliphatic heterocycles. The minimum absolute atomic E-state index is 0.246. The van der Waals surface area contributed by atoms with Crippen molar-refractivity contribution in [3.8, 4) is 11.4 Å². The molecule has 0 atom stereocenters. The minimum atomic E-state index is 0.246. The molecule has 2 N–H and O–H groups in total. The largest absolute Gasteiger partial charge is 0.378 e. The highest BCUT2D eigenvalue weighted by Crippen LogP contribution is 2.36. The van der Waals surface area contributed by atoms with Gasteiger partial charge in [0.2, 0.25) is 5.95 Å². The van der Waals surface area contributed by atoms with Gasteiger partial charge in [-0.1, -0.05) is 0 Å². The SMILES string of the molecule is Cc1sc2c(N3CCOCC3)nc(-c3cnc(N)nc3)nc2c1C. The Hall–Kier alpha value is -2.32. The molecule has 3 aromatic heterocycles. The van der Waals surface area contributed by atoms with Crippen LogP contribution in [-0.2, 0) is 4.74 Å². The van der Waals surface area contributed by atoms with E-state index in [2.05, 4.69) is 28.7 Å². The first-order valence-corrected chi connectivity index (χ1v) is 8.63. The zero-order valence-corrected chi connectivity index (χ0v) is 14.4. The molecule has 1 fully saturated rings. The molecule has 0 amide bonds. The Morgan fingerprint density at radius 2 is 1.83 bits per heavy atom. The number of aryl methyl sites for hydroxylation is 2. The molecule has 124 valence electrons. The third-order valence-corrected chi connectivity index (χ3v) is 5.42. The second kappa shape index (κ2) is 5.95. The summed E-state index contributed by atoms with van der Waals surface area (Å²) >= 11 is 1.75. The van der Waals surface area contributed by atoms with Gasteiger partial charge in [-0.15, -0.1) is 11.3 Å². The number of hydrogen-bond donors (Lipinski definition) is 1. The van der Waals surface area contributed by atoms with Crippen molar-refractivity contribution in [2.24, 2.45) is 0 Å². The number of ether oxygens (including phenoxy) is 1. The van der Waals surface area contributed by atoms with Crippen molar-refractivity contribution in [2.75, 3.05) is 36.9 Å². The minimum Gasteiger partial charge on any atom is -0.378 e. The van der Waals surface area contributed by atoms with Gasteiger partial charge in [-0.2, -0.15) is 0 Å². The maximum atomic E-state index is 5.59. The van der Waals surface area contributed by atoms with E-state index in [4.69, 9.17) is 20.4 Å². The van der Waals surface area contributed by atoms with Crippen LogP contribution >= 0.6 is 11.3 Å². The van der Waals surface area contributed by atoms with Gasteiger partial charge in [0.25, 0.3) is 0 Å². The third-order valence-electron chi connectivity index (χ3n) is 4.23. The van der Waals surface area contributed by atoms with Crippen LogP contribution in [0.1, 0.15) is 10.4 Å². The lowest BCUT2D eigenvalue weighted by atomic mass is 10.2. The molecule has 0 radical (unpaired) electrons. The van der Waals surface area contributed by atoms with Crippen molar-refractivity contribution in [3.63, 3.8) is 0 Å². The molecule has 0 unspecified atom stereocenters. The fraction of sp³-hybridized carbons (Fsp3) is 0.375. The number of fused-ring (bicyclic) bond motifs is 1. The van der Waals surface area contributed by atoms with Crippen molar-refractivity contribution >= 4 is 33.3 Å². The molecule has 4 heterocycles. The smallest absolute Gasteiger partial charge is 0.219 e. The summed E-state index contributed by atoms with van der Waals surface area (Å²) in [6.07, 6.45) is 3.34. The Morgan fingerprint density at radius 3 is 2.54 bits per heavy atom. The van der Waals surface area contributed by atoms with Gasteiger partial charge < -0.3 is 15.4 Å². The molecule has 3 aromatic rings. The van der Waals surface area contributed by atoms with Crippen LogP contribution in [0, 0.1) is 13.8 Å². The molecule has 1 saturated heterocycles. The van der Waals surface area contributed by atoms with Crippen LogP contribution in [-0.4, -0.2) is 46.2 Å². The highest BCUT2D eigenvalue weighted by Gasteiger charge is 2.21. The van der Waals surface area contributed by atoms with Crippen molar-refractivity contribution in [1.82, 2.24) is 19.9 Å². The standard InChI is InChI=1S/C16H18N6OS/c1-9-10(2)24-13-12(9)20-14(11-7-18-16(17)19-8-11)21-15(13)22-3-5-23-6-4-22/h7-8H,3-6H2,1-2H3,(H2,17,18,19). The Balaban J connectivity index is 1.91. The number of rotatable bonds is 2. The molecule has 0 saturated carbocycles. The Bertz CT molecular complexity index is 886. The van der Waals surface area contributed by atoms with Crippen LogP contribution in [0.5, 0.6) is 0 Å². The predicted molar refractivity (Wildman–Crippen MR) is 95.4 cm³/mol. The van der Waals surface area contributed by atoms with Crippen molar-refractivity contribution in [3.05, 3.63) is 22.8 Å². The molecule has 4 rings (SSSR count). The topological polar surface area (TPSA) is 90.0 Å². The van der Waals surface area contributed by atoms with E-state index in [-0.39, 0.29) is 5.95 Å². The van der Waals surface area contributed by atoms with E-state index in [9.17, 15) is 0 Å². The quantitative estimate of drug-likeness (QED) is 0.763. The van der Waals surface area contributed by atoms with E-state index >= 15 is 0 Å². The van der Waals surface area contributed by atoms with Gasteiger partial charge in [-0.25, -0.2) is 19.9 Å². The molecule has 1 aliphatic rings. The number of morpholine rings is 1. The molecule has 0 bridgehead atoms. The van der Waals surface area contributed by atoms with Crippen molar-refractivity contribution in [1.29, 1.82) is 0 Å². The monoisotopic (exact) mass is 342 g/mol. The fourth-order valence-electron chi connectivity index (χ4n) is 2.76. The number of nitrogens with zero attached hydrogens (tertiary/aromatic N) is 5. The van der Waals surface area contributed by atoms with Gasteiger partial charge >= 0.3 is 0 Å². The van der Waals surface area contributed by atoms with Crippen molar-refractivity contribution < 1.29 is 4.74 Å². The number of anilines is 2. The maximum absolute atomic E-state index is 5.59. The summed E-state index contributed by atoms with van der Waals surface area (Å²) in [5.41, 5.74) is 8.55. The zero-order chi connectivity index (χ0) is 16.7. The van der Waals surface area contributed by atoms with Crippen LogP contribution in [0.3, 0.4) is 0 Å². The second-order valence-corrected chi connectivity index (χ2v) is 6.99. The van der Waals surface area contributed by atoms with Crippen LogP contribution < -0.4 is 10.6 Å². The van der Waals surface area contributed by atoms with Crippen LogP contribution in [0.15, 0.2) is 12.4 Å². The first-order valence-electron chi connectivity index (χ1n) is 7.82. The second-order valence-electron chi connectivity index (χ2n) is 5.76. The summed E-state index contributed by atoms with van der Waals surface area (Å²) in [4.78, 5) is 21.3. The number of nitrogens with two attached hydrogens (primary N) is 1. The molecule has 7 nitrogen and oxygen atoms in total. The molecular formula is C16H18N6OS. The van der Waals surface area contributed by atoms with Crippen LogP contribution in [0.25, 0.3) is 21.6 Å². The Labute approximate surface area is 143 Å². The molecule has 24 heavy (non-hydrogen) atoms. The lowest BCUT2D eigenvalue weighted by Gasteiger charge is -2.28. The number of thiophene rings is 1. The van der Waals surface area contributed by atoms with E-state index in [0.717, 1.165) is 47.9 Å². The summed E-state index contributed by atoms with van der Waals surface area (Å²) in [5.74, 6) is 1.84. The van der Waals surface area contributed by atoms with Gasteiger partial charge in [0.05, 0.1) is 29.0 Å². The maximum Gasteiger partial charge on any atom is 0.219 e. The molecule has 8 heteroatoms. The molecule has 0 aliphatic carbocycles. The summed E-state index contributed by atoms with van der Waals surface area (Å²) in [6.45, 7) is 7.33. The summed E-state index contributed by atoms with van der Waals surface area (Å²) in [6, 6.07) is 0. The summed E-state index contributed by atoms with van der Waals surface area (Å²) in [7, 11) is 0. The highest BCUT2D eigenvalue weighted by atomic mass is 32.1. The van der Waals surface area contributed by atoms with Gasteiger partial charge in [-0.3, -0.25) is 0 Å². The van der Waals surface area contributed by atoms with Crippen molar-refractivity contribution in [2.45, 2.75) is 13.8 Å². The third kappa shape index (κ3) is 2.57. The number of aromatic nitrogens is 4. The Morgan fingerprint density at radius 1 is 1.12 bits per heavy atom. The van der Waals surface area contributed by atoms with Crippen LogP contribution in [0.4, 0.5) is 11.8 Å². The first kappa shape index (κ1) is 15.2. The molecule has 0 spiro atoms. The van der Waals surface area contributed by atoms with Gasteiger partial charge in [0.1, 0.15) is 0 Å². The molecular weight excluding hydrogens is 324 g/mol. The van der Waals surface area contributed by atoms with Gasteiger partial charge in [0.15, 0.2) is 11.6 Å². The average molecular weight is 342 g/mol. The van der Waals surface area contributed by atoms with Gasteiger partial charge in [0, 0.05) is 30.4 Å². The first-order chi connectivity index (χ1) is 11.6. The van der Waals surface area contributed by atoms with E-state index in [1.165, 1.54) is 10.4 Å². The number of nitrogen functional groups attached to an aromatic ring is 1. The summed E-state index contributed by atoms with van der Waals surface area (Å²) in [5, 5.41) is 0. The molecule has 0 aromatic carbocycles. The van der Waals surface area contributed by atoms with E-state index in [0.29, 0.717) is 5.82 Å². The zero-order valence-electron chi connectivity index (χ0n) is 13.6. The Kier molecular flexibility index (Phi) is 3.78. The fourth-order valence-corrected chi connectivity index (χ4v) is 3.87. The lowest BCUT2D eigenvalue weighted by molar-refractivity contribution is 0.122. The highest BCUT2D eigenvalue weighted by molar-refractivity contribution is 7.19. The van der Waals surface area contributed by atoms with E-state index < -0.39 is 0 Å². The lowest BCUT2D eigenvalue weighted by Crippen LogP contribution is -2.36. The summed E-state index contributed by atoms with van der Waals surface area (Å²) < 4.78 is 6.61. The normalized spacial score (nSPS) is 15.2.